The van der Waals surface area contributed by atoms with Gasteiger partial charge in [0, 0.05) is 0 Å². The number of hydrogen-bond donors (Lipinski definition) is 2. The number of furan rings is 1. The molecule has 19 heavy (non-hydrogen) atoms. The second-order valence-corrected chi connectivity index (χ2v) is 3.76. The fourth-order valence-corrected chi connectivity index (χ4v) is 1.51. The maximum atomic E-state index is 11.2. The number of nitrogens with two attached hydrogens (primary N) is 1. The lowest BCUT2D eigenvalue weighted by Crippen LogP contribution is -2.12. The van der Waals surface area contributed by atoms with Gasteiger partial charge in [0.25, 0.3) is 5.91 Å². The first kappa shape index (κ1) is 12.7. The molecule has 6 nitrogen and oxygen atoms in total. The molecule has 98 valence electrons. The zero-order chi connectivity index (χ0) is 13.8. The van der Waals surface area contributed by atoms with Gasteiger partial charge >= 0.3 is 5.97 Å². The molecule has 0 radical (unpaired) electrons. The van der Waals surface area contributed by atoms with E-state index < -0.39 is 11.9 Å². The minimum atomic E-state index is -1.08. The number of primary amides is 1. The summed E-state index contributed by atoms with van der Waals surface area (Å²) in [5, 5.41) is 8.74. The van der Waals surface area contributed by atoms with Crippen molar-refractivity contribution >= 4 is 11.9 Å². The predicted octanol–water partition coefficient (Wildman–Crippen LogP) is 1.66. The van der Waals surface area contributed by atoms with Crippen molar-refractivity contribution in [3.8, 4) is 5.75 Å². The molecule has 0 atom stereocenters. The third-order valence-corrected chi connectivity index (χ3v) is 2.42. The molecule has 0 spiro atoms. The molecule has 1 heterocycles. The van der Waals surface area contributed by atoms with Crippen LogP contribution in [-0.4, -0.2) is 17.0 Å². The molecule has 0 saturated heterocycles. The zero-order valence-corrected chi connectivity index (χ0v) is 9.83. The largest absolute Gasteiger partial charge is 0.485 e. The second-order valence-electron chi connectivity index (χ2n) is 3.76. The highest BCUT2D eigenvalue weighted by Crippen LogP contribution is 2.19. The number of hydrogen-bond acceptors (Lipinski definition) is 4. The van der Waals surface area contributed by atoms with Gasteiger partial charge in [-0.25, -0.2) is 4.79 Å². The van der Waals surface area contributed by atoms with Crippen LogP contribution in [0.5, 0.6) is 5.75 Å². The topological polar surface area (TPSA) is 103 Å². The fraction of sp³-hybridized carbons (Fsp3) is 0.0769. The summed E-state index contributed by atoms with van der Waals surface area (Å²) in [6.07, 6.45) is 1.13. The molecule has 0 aliphatic rings. The Hall–Kier alpha value is -2.76. The Balaban J connectivity index is 2.10. The van der Waals surface area contributed by atoms with Crippen molar-refractivity contribution in [1.82, 2.24) is 0 Å². The van der Waals surface area contributed by atoms with E-state index in [1.165, 1.54) is 6.07 Å². The molecule has 2 aromatic rings. The average Bonchev–Trinajstić information content (AvgIpc) is 2.85. The van der Waals surface area contributed by atoms with Crippen LogP contribution in [0.3, 0.4) is 0 Å². The number of amides is 1. The van der Waals surface area contributed by atoms with Crippen molar-refractivity contribution in [2.24, 2.45) is 5.73 Å². The van der Waals surface area contributed by atoms with Crippen LogP contribution in [0.1, 0.15) is 26.5 Å². The van der Waals surface area contributed by atoms with Gasteiger partial charge in [-0.05, 0) is 18.2 Å². The van der Waals surface area contributed by atoms with Crippen LogP contribution in [0.15, 0.2) is 41.0 Å². The Bertz CT molecular complexity index is 617. The predicted molar refractivity (Wildman–Crippen MR) is 65.0 cm³/mol. The first-order valence-electron chi connectivity index (χ1n) is 5.40. The number of rotatable bonds is 5. The highest BCUT2D eigenvalue weighted by Gasteiger charge is 2.11. The molecule has 1 aromatic carbocycles. The molecule has 0 bridgehead atoms. The maximum absolute atomic E-state index is 11.2. The quantitative estimate of drug-likeness (QED) is 0.851. The Labute approximate surface area is 108 Å². The minimum Gasteiger partial charge on any atom is -0.485 e. The Kier molecular flexibility index (Phi) is 3.51. The van der Waals surface area contributed by atoms with Crippen molar-refractivity contribution in [1.29, 1.82) is 0 Å². The Morgan fingerprint density at radius 2 is 2.05 bits per heavy atom. The molecule has 0 unspecified atom stereocenters. The summed E-state index contributed by atoms with van der Waals surface area (Å²) in [4.78, 5) is 21.8. The Morgan fingerprint density at radius 1 is 1.32 bits per heavy atom. The molecule has 1 amide bonds. The first-order chi connectivity index (χ1) is 9.08. The number of para-hydroxylation sites is 1. The van der Waals surface area contributed by atoms with E-state index in [2.05, 4.69) is 0 Å². The molecule has 0 aliphatic heterocycles. The number of aromatic carboxylic acids is 1. The summed E-state index contributed by atoms with van der Waals surface area (Å²) in [6.45, 7) is 0.0115. The van der Waals surface area contributed by atoms with Gasteiger partial charge in [-0.3, -0.25) is 4.79 Å². The number of carboxylic acid groups (broad SMARTS) is 1. The van der Waals surface area contributed by atoms with Gasteiger partial charge in [-0.15, -0.1) is 0 Å². The summed E-state index contributed by atoms with van der Waals surface area (Å²) < 4.78 is 10.4. The van der Waals surface area contributed by atoms with E-state index in [-0.39, 0.29) is 17.7 Å². The van der Waals surface area contributed by atoms with Gasteiger partial charge in [0.15, 0.2) is 0 Å². The molecule has 2 rings (SSSR count). The Morgan fingerprint density at radius 3 is 2.68 bits per heavy atom. The van der Waals surface area contributed by atoms with E-state index in [1.54, 1.807) is 24.3 Å². The first-order valence-corrected chi connectivity index (χ1v) is 5.40. The normalized spacial score (nSPS) is 10.1. The van der Waals surface area contributed by atoms with Gasteiger partial charge in [0.1, 0.15) is 24.4 Å². The number of ether oxygens (including phenoxy) is 1. The lowest BCUT2D eigenvalue weighted by molar-refractivity contribution is 0.0696. The molecule has 0 saturated carbocycles. The lowest BCUT2D eigenvalue weighted by Gasteiger charge is -2.07. The van der Waals surface area contributed by atoms with E-state index in [1.807, 2.05) is 0 Å². The van der Waals surface area contributed by atoms with Crippen LogP contribution in [0.4, 0.5) is 0 Å². The highest BCUT2D eigenvalue weighted by molar-refractivity contribution is 5.95. The summed E-state index contributed by atoms with van der Waals surface area (Å²) in [5.74, 6) is -1.01. The summed E-state index contributed by atoms with van der Waals surface area (Å²) >= 11 is 0. The van der Waals surface area contributed by atoms with Crippen molar-refractivity contribution in [3.63, 3.8) is 0 Å². The smallest absolute Gasteiger partial charge is 0.338 e. The van der Waals surface area contributed by atoms with Gasteiger partial charge in [0.05, 0.1) is 11.1 Å². The van der Waals surface area contributed by atoms with Crippen LogP contribution in [0.2, 0.25) is 0 Å². The van der Waals surface area contributed by atoms with Crippen LogP contribution < -0.4 is 10.5 Å². The van der Waals surface area contributed by atoms with E-state index >= 15 is 0 Å². The van der Waals surface area contributed by atoms with Crippen molar-refractivity contribution < 1.29 is 23.8 Å². The van der Waals surface area contributed by atoms with Gasteiger partial charge in [0.2, 0.25) is 0 Å². The number of carboxylic acids is 1. The number of carbonyl (C=O) groups is 2. The molecule has 0 fully saturated rings. The molecule has 3 N–H and O–H groups in total. The third-order valence-electron chi connectivity index (χ3n) is 2.42. The standard InChI is InChI=1S/C13H11NO5/c14-12(15)10-3-1-2-4-11(10)19-7-9-5-8(6-18-9)13(16)17/h1-6H,7H2,(H2,14,15)(H,16,17). The van der Waals surface area contributed by atoms with Gasteiger partial charge < -0.3 is 20.0 Å². The minimum absolute atomic E-state index is 0.0115. The van der Waals surface area contributed by atoms with E-state index in [4.69, 9.17) is 20.0 Å². The van der Waals surface area contributed by atoms with Crippen LogP contribution >= 0.6 is 0 Å². The SMILES string of the molecule is NC(=O)c1ccccc1OCc1cc(C(=O)O)co1. The van der Waals surface area contributed by atoms with E-state index in [0.29, 0.717) is 11.5 Å². The number of benzene rings is 1. The summed E-state index contributed by atoms with van der Waals surface area (Å²) in [5.41, 5.74) is 5.51. The van der Waals surface area contributed by atoms with E-state index in [0.717, 1.165) is 6.26 Å². The maximum Gasteiger partial charge on any atom is 0.338 e. The second kappa shape index (κ2) is 5.26. The summed E-state index contributed by atoms with van der Waals surface area (Å²) in [7, 11) is 0. The molecule has 1 aromatic heterocycles. The van der Waals surface area contributed by atoms with E-state index in [9.17, 15) is 9.59 Å². The third kappa shape index (κ3) is 2.92. The van der Waals surface area contributed by atoms with Crippen LogP contribution in [0, 0.1) is 0 Å². The highest BCUT2D eigenvalue weighted by atomic mass is 16.5. The molecule has 0 aliphatic carbocycles. The van der Waals surface area contributed by atoms with Crippen molar-refractivity contribution in [2.45, 2.75) is 6.61 Å². The van der Waals surface area contributed by atoms with Gasteiger partial charge in [-0.1, -0.05) is 12.1 Å². The summed E-state index contributed by atoms with van der Waals surface area (Å²) in [6, 6.07) is 7.87. The lowest BCUT2D eigenvalue weighted by atomic mass is 10.2. The van der Waals surface area contributed by atoms with Gasteiger partial charge in [-0.2, -0.15) is 0 Å². The monoisotopic (exact) mass is 261 g/mol. The van der Waals surface area contributed by atoms with Crippen molar-refractivity contribution in [2.75, 3.05) is 0 Å². The zero-order valence-electron chi connectivity index (χ0n) is 9.83. The fourth-order valence-electron chi connectivity index (χ4n) is 1.51. The average molecular weight is 261 g/mol. The van der Waals surface area contributed by atoms with Crippen LogP contribution in [-0.2, 0) is 6.61 Å². The van der Waals surface area contributed by atoms with Crippen LogP contribution in [0.25, 0.3) is 0 Å². The molecular weight excluding hydrogens is 250 g/mol. The molecule has 6 heteroatoms. The van der Waals surface area contributed by atoms with Crippen molar-refractivity contribution in [3.05, 3.63) is 53.5 Å². The number of carbonyl (C=O) groups excluding carboxylic acids is 1. The molecular formula is C13H11NO5.